The van der Waals surface area contributed by atoms with Crippen molar-refractivity contribution in [2.45, 2.75) is 24.6 Å². The van der Waals surface area contributed by atoms with E-state index >= 15 is 0 Å². The lowest BCUT2D eigenvalue weighted by molar-refractivity contribution is -0.0128. The third-order valence-corrected chi connectivity index (χ3v) is 2.29. The van der Waals surface area contributed by atoms with Gasteiger partial charge in [-0.1, -0.05) is 0 Å². The molecule has 1 fully saturated rings. The quantitative estimate of drug-likeness (QED) is 0.435. The molecule has 1 rings (SSSR count). The summed E-state index contributed by atoms with van der Waals surface area (Å²) >= 11 is 0. The molecule has 0 amide bonds. The summed E-state index contributed by atoms with van der Waals surface area (Å²) in [4.78, 5) is 0. The summed E-state index contributed by atoms with van der Waals surface area (Å²) in [6.45, 7) is 0.875. The lowest BCUT2D eigenvalue weighted by Gasteiger charge is -2.29. The van der Waals surface area contributed by atoms with Crippen LogP contribution in [0.4, 0.5) is 0 Å². The van der Waals surface area contributed by atoms with Gasteiger partial charge in [0.2, 0.25) is 0 Å². The van der Waals surface area contributed by atoms with Gasteiger partial charge in [-0.25, -0.2) is 0 Å². The van der Waals surface area contributed by atoms with Crippen LogP contribution < -0.4 is 5.73 Å². The van der Waals surface area contributed by atoms with Gasteiger partial charge in [0.1, 0.15) is 0 Å². The van der Waals surface area contributed by atoms with Gasteiger partial charge in [0.25, 0.3) is 0 Å². The Bertz CT molecular complexity index is 76.5. The van der Waals surface area contributed by atoms with Crippen molar-refractivity contribution >= 4 is 10.2 Å². The average molecular weight is 131 g/mol. The first-order chi connectivity index (χ1) is 3.71. The van der Waals surface area contributed by atoms with Gasteiger partial charge in [-0.2, -0.15) is 0 Å². The number of hydrogen-bond acceptors (Lipinski definition) is 2. The largest absolute Gasteiger partial charge is 0.365 e. The number of rotatable bonds is 0. The second-order valence-corrected chi connectivity index (χ2v) is 4.31. The van der Waals surface area contributed by atoms with Crippen LogP contribution in [0.1, 0.15) is 19.3 Å². The average Bonchev–Trinajstić information content (AvgIpc) is 1.65. The Morgan fingerprint density at radius 3 is 2.50 bits per heavy atom. The normalized spacial score (nSPS) is 40.1. The molecule has 2 N–H and O–H groups in total. The van der Waals surface area contributed by atoms with Crippen LogP contribution in [-0.2, 0) is 4.74 Å². The number of ether oxygens (including phenoxy) is 1. The van der Waals surface area contributed by atoms with Crippen LogP contribution >= 0.6 is 0 Å². The Hall–Kier alpha value is 0.137. The second-order valence-electron chi connectivity index (χ2n) is 2.62. The van der Waals surface area contributed by atoms with Crippen LogP contribution in [-0.4, -0.2) is 22.2 Å². The minimum Gasteiger partial charge on any atom is -0.365 e. The Labute approximate surface area is 52.8 Å². The Kier molecular flexibility index (Phi) is 1.70. The molecule has 0 aliphatic carbocycles. The maximum absolute atomic E-state index is 5.72. The molecular formula is C5H13NOSi. The predicted octanol–water partition coefficient (Wildman–Crippen LogP) is -0.835. The topological polar surface area (TPSA) is 35.2 Å². The van der Waals surface area contributed by atoms with E-state index in [1.165, 1.54) is 12.8 Å². The van der Waals surface area contributed by atoms with Gasteiger partial charge in [0.05, 0.1) is 15.6 Å². The van der Waals surface area contributed by atoms with Crippen molar-refractivity contribution < 1.29 is 4.74 Å². The highest BCUT2D eigenvalue weighted by Crippen LogP contribution is 2.15. The zero-order chi connectivity index (χ0) is 6.04. The molecule has 0 aromatic heterocycles. The van der Waals surface area contributed by atoms with E-state index < -0.39 is 0 Å². The summed E-state index contributed by atoms with van der Waals surface area (Å²) in [7, 11) is 0.965. The van der Waals surface area contributed by atoms with E-state index in [2.05, 4.69) is 0 Å². The molecule has 0 aromatic carbocycles. The molecule has 0 bridgehead atoms. The van der Waals surface area contributed by atoms with Crippen molar-refractivity contribution in [2.75, 3.05) is 6.61 Å². The van der Waals surface area contributed by atoms with Crippen molar-refractivity contribution in [1.29, 1.82) is 0 Å². The first-order valence-corrected chi connectivity index (χ1v) is 4.14. The van der Waals surface area contributed by atoms with E-state index in [-0.39, 0.29) is 5.35 Å². The number of hydrogen-bond donors (Lipinski definition) is 1. The van der Waals surface area contributed by atoms with Crippen LogP contribution in [0.2, 0.25) is 0 Å². The van der Waals surface area contributed by atoms with Crippen LogP contribution in [0, 0.1) is 0 Å². The molecule has 2 nitrogen and oxygen atoms in total. The fourth-order valence-electron chi connectivity index (χ4n) is 0.956. The van der Waals surface area contributed by atoms with Crippen molar-refractivity contribution in [3.63, 3.8) is 0 Å². The fraction of sp³-hybridized carbons (Fsp3) is 1.00. The molecule has 1 atom stereocenters. The monoisotopic (exact) mass is 131 g/mol. The SMILES string of the molecule is NC1([SiH3])CCCCO1. The summed E-state index contributed by atoms with van der Waals surface area (Å²) in [6.07, 6.45) is 3.51. The molecule has 0 saturated carbocycles. The van der Waals surface area contributed by atoms with Gasteiger partial charge < -0.3 is 10.5 Å². The second kappa shape index (κ2) is 2.17. The summed E-state index contributed by atoms with van der Waals surface area (Å²) in [5.74, 6) is 0. The molecular weight excluding hydrogens is 118 g/mol. The van der Waals surface area contributed by atoms with Crippen LogP contribution in [0.25, 0.3) is 0 Å². The molecule has 1 saturated heterocycles. The van der Waals surface area contributed by atoms with Crippen molar-refractivity contribution in [1.82, 2.24) is 0 Å². The minimum atomic E-state index is -0.182. The van der Waals surface area contributed by atoms with Gasteiger partial charge in [0.15, 0.2) is 0 Å². The van der Waals surface area contributed by atoms with Gasteiger partial charge in [-0.15, -0.1) is 0 Å². The first-order valence-electron chi connectivity index (χ1n) is 3.14. The summed E-state index contributed by atoms with van der Waals surface area (Å²) in [6, 6.07) is 0. The Morgan fingerprint density at radius 2 is 2.25 bits per heavy atom. The highest BCUT2D eigenvalue weighted by molar-refractivity contribution is 6.14. The van der Waals surface area contributed by atoms with Crippen LogP contribution in [0.5, 0.6) is 0 Å². The maximum Gasteiger partial charge on any atom is 0.0922 e. The van der Waals surface area contributed by atoms with Crippen molar-refractivity contribution in [3.05, 3.63) is 0 Å². The van der Waals surface area contributed by atoms with Gasteiger partial charge >= 0.3 is 0 Å². The Balaban J connectivity index is 2.33. The maximum atomic E-state index is 5.72. The third kappa shape index (κ3) is 1.58. The van der Waals surface area contributed by atoms with Crippen LogP contribution in [0.15, 0.2) is 0 Å². The van der Waals surface area contributed by atoms with E-state index in [9.17, 15) is 0 Å². The highest BCUT2D eigenvalue weighted by Gasteiger charge is 2.20. The zero-order valence-corrected chi connectivity index (χ0v) is 7.31. The van der Waals surface area contributed by atoms with E-state index in [0.29, 0.717) is 0 Å². The van der Waals surface area contributed by atoms with E-state index in [1.54, 1.807) is 0 Å². The van der Waals surface area contributed by atoms with Crippen molar-refractivity contribution in [2.24, 2.45) is 5.73 Å². The lowest BCUT2D eigenvalue weighted by atomic mass is 10.2. The summed E-state index contributed by atoms with van der Waals surface area (Å²) < 4.78 is 5.30. The molecule has 8 heavy (non-hydrogen) atoms. The smallest absolute Gasteiger partial charge is 0.0922 e. The lowest BCUT2D eigenvalue weighted by Crippen LogP contribution is -2.45. The van der Waals surface area contributed by atoms with E-state index in [0.717, 1.165) is 23.3 Å². The first kappa shape index (κ1) is 6.26. The molecule has 1 aliphatic heterocycles. The van der Waals surface area contributed by atoms with Crippen molar-refractivity contribution in [3.8, 4) is 0 Å². The molecule has 0 spiro atoms. The van der Waals surface area contributed by atoms with E-state index in [1.807, 2.05) is 0 Å². The van der Waals surface area contributed by atoms with Gasteiger partial charge in [0, 0.05) is 6.61 Å². The molecule has 0 aromatic rings. The molecule has 1 aliphatic rings. The predicted molar refractivity (Wildman–Crippen MR) is 36.7 cm³/mol. The minimum absolute atomic E-state index is 0.182. The fourth-order valence-corrected chi connectivity index (χ4v) is 1.51. The molecule has 1 unspecified atom stereocenters. The number of nitrogens with two attached hydrogens (primary N) is 1. The molecule has 0 radical (unpaired) electrons. The molecule has 3 heteroatoms. The van der Waals surface area contributed by atoms with Gasteiger partial charge in [-0.3, -0.25) is 0 Å². The third-order valence-electron chi connectivity index (χ3n) is 1.50. The molecule has 1 heterocycles. The van der Waals surface area contributed by atoms with Gasteiger partial charge in [-0.05, 0) is 19.3 Å². The van der Waals surface area contributed by atoms with E-state index in [4.69, 9.17) is 10.5 Å². The van der Waals surface area contributed by atoms with Crippen LogP contribution in [0.3, 0.4) is 0 Å². The summed E-state index contributed by atoms with van der Waals surface area (Å²) in [5.41, 5.74) is 5.72. The Morgan fingerprint density at radius 1 is 1.50 bits per heavy atom. The zero-order valence-electron chi connectivity index (χ0n) is 5.31. The standard InChI is InChI=1S/C5H13NOSi/c6-5(8)3-1-2-4-7-5/h1-4,6H2,8H3. The molecule has 48 valence electrons. The summed E-state index contributed by atoms with van der Waals surface area (Å²) in [5, 5.41) is -0.182. The highest BCUT2D eigenvalue weighted by atomic mass is 28.1.